The number of phenols is 1. The molecule has 0 saturated carbocycles. The third kappa shape index (κ3) is 5.43. The van der Waals surface area contributed by atoms with Crippen LogP contribution < -0.4 is 16.8 Å². The largest absolute Gasteiger partial charge is 0.508 e. The molecule has 0 bridgehead atoms. The van der Waals surface area contributed by atoms with Crippen molar-refractivity contribution in [3.8, 4) is 5.75 Å². The standard InChI is InChI=1S/C18H24N4O6/c19-12(8-10-3-5-11(23)6-4-10)17(26)22-7-1-2-14(22)16(25)21-13(18(27)28)9-15(20)24/h3-6,12-14,23H,1-2,7-9,19H2,(H2,20,24)(H,21,25)(H,27,28). The van der Waals surface area contributed by atoms with E-state index in [1.165, 1.54) is 17.0 Å². The number of carboxylic acids is 1. The van der Waals surface area contributed by atoms with Crippen LogP contribution in [-0.2, 0) is 25.6 Å². The molecule has 7 N–H and O–H groups in total. The van der Waals surface area contributed by atoms with Crippen LogP contribution in [0.25, 0.3) is 0 Å². The number of aliphatic carboxylic acids is 1. The van der Waals surface area contributed by atoms with Crippen molar-refractivity contribution in [1.82, 2.24) is 10.2 Å². The molecule has 28 heavy (non-hydrogen) atoms. The van der Waals surface area contributed by atoms with E-state index in [1.54, 1.807) is 12.1 Å². The number of likely N-dealkylation sites (tertiary alicyclic amines) is 1. The quantitative estimate of drug-likeness (QED) is 0.365. The zero-order chi connectivity index (χ0) is 20.8. The van der Waals surface area contributed by atoms with Crippen molar-refractivity contribution in [2.45, 2.75) is 43.8 Å². The van der Waals surface area contributed by atoms with Crippen LogP contribution in [0, 0.1) is 0 Å². The van der Waals surface area contributed by atoms with Gasteiger partial charge in [-0.1, -0.05) is 12.1 Å². The van der Waals surface area contributed by atoms with Crippen LogP contribution in [0.2, 0.25) is 0 Å². The van der Waals surface area contributed by atoms with Crippen molar-refractivity contribution >= 4 is 23.7 Å². The molecule has 0 aliphatic carbocycles. The minimum atomic E-state index is -1.45. The lowest BCUT2D eigenvalue weighted by atomic mass is 10.0. The number of nitrogens with one attached hydrogen (secondary N) is 1. The molecule has 0 radical (unpaired) electrons. The van der Waals surface area contributed by atoms with E-state index in [0.29, 0.717) is 19.4 Å². The zero-order valence-corrected chi connectivity index (χ0v) is 15.2. The number of amides is 3. The summed E-state index contributed by atoms with van der Waals surface area (Å²) in [5, 5.41) is 20.7. The predicted molar refractivity (Wildman–Crippen MR) is 97.9 cm³/mol. The molecule has 1 heterocycles. The molecule has 3 amide bonds. The number of phenolic OH excluding ortho intramolecular Hbond substituents is 1. The van der Waals surface area contributed by atoms with E-state index in [1.807, 2.05) is 0 Å². The summed E-state index contributed by atoms with van der Waals surface area (Å²) >= 11 is 0. The van der Waals surface area contributed by atoms with Crippen LogP contribution in [0.3, 0.4) is 0 Å². The first-order chi connectivity index (χ1) is 13.2. The number of carbonyl (C=O) groups excluding carboxylic acids is 3. The van der Waals surface area contributed by atoms with Crippen LogP contribution in [0.4, 0.5) is 0 Å². The molecule has 1 aromatic rings. The Kier molecular flexibility index (Phi) is 6.94. The molecule has 3 atom stereocenters. The van der Waals surface area contributed by atoms with E-state index in [4.69, 9.17) is 16.6 Å². The van der Waals surface area contributed by atoms with Gasteiger partial charge in [0.25, 0.3) is 0 Å². The lowest BCUT2D eigenvalue weighted by Crippen LogP contribution is -2.54. The second-order valence-electron chi connectivity index (χ2n) is 6.74. The Morgan fingerprint density at radius 2 is 1.86 bits per heavy atom. The van der Waals surface area contributed by atoms with Gasteiger partial charge in [-0.2, -0.15) is 0 Å². The molecule has 1 saturated heterocycles. The van der Waals surface area contributed by atoms with E-state index in [-0.39, 0.29) is 12.2 Å². The number of hydrogen-bond acceptors (Lipinski definition) is 6. The average molecular weight is 392 g/mol. The minimum absolute atomic E-state index is 0.101. The number of nitrogens with two attached hydrogens (primary N) is 2. The average Bonchev–Trinajstić information content (AvgIpc) is 3.11. The van der Waals surface area contributed by atoms with Gasteiger partial charge in [0.2, 0.25) is 17.7 Å². The molecule has 152 valence electrons. The lowest BCUT2D eigenvalue weighted by molar-refractivity contribution is -0.145. The number of rotatable bonds is 8. The lowest BCUT2D eigenvalue weighted by Gasteiger charge is -2.27. The molecule has 3 unspecified atom stereocenters. The summed E-state index contributed by atoms with van der Waals surface area (Å²) in [5.74, 6) is -3.22. The summed E-state index contributed by atoms with van der Waals surface area (Å²) in [5.41, 5.74) is 11.8. The highest BCUT2D eigenvalue weighted by Crippen LogP contribution is 2.20. The molecule has 0 aromatic heterocycles. The van der Waals surface area contributed by atoms with Gasteiger partial charge in [0.1, 0.15) is 17.8 Å². The highest BCUT2D eigenvalue weighted by molar-refractivity contribution is 5.93. The van der Waals surface area contributed by atoms with Gasteiger partial charge in [0.05, 0.1) is 12.5 Å². The number of carboxylic acid groups (broad SMARTS) is 1. The summed E-state index contributed by atoms with van der Waals surface area (Å²) < 4.78 is 0. The summed E-state index contributed by atoms with van der Waals surface area (Å²) in [6.07, 6.45) is 0.626. The van der Waals surface area contributed by atoms with Crippen molar-refractivity contribution in [3.63, 3.8) is 0 Å². The van der Waals surface area contributed by atoms with Crippen LogP contribution in [-0.4, -0.2) is 63.5 Å². The van der Waals surface area contributed by atoms with E-state index in [9.17, 15) is 24.3 Å². The SMILES string of the molecule is NC(=O)CC(NC(=O)C1CCCN1C(=O)C(N)Cc1ccc(O)cc1)C(=O)O. The van der Waals surface area contributed by atoms with E-state index < -0.39 is 48.2 Å². The monoisotopic (exact) mass is 392 g/mol. The first kappa shape index (κ1) is 21.2. The Morgan fingerprint density at radius 3 is 2.43 bits per heavy atom. The number of hydrogen-bond donors (Lipinski definition) is 5. The molecule has 1 aliphatic rings. The number of primary amides is 1. The minimum Gasteiger partial charge on any atom is -0.508 e. The van der Waals surface area contributed by atoms with Gasteiger partial charge in [-0.3, -0.25) is 14.4 Å². The smallest absolute Gasteiger partial charge is 0.326 e. The maximum absolute atomic E-state index is 12.7. The molecule has 0 spiro atoms. The molecule has 10 heteroatoms. The Balaban J connectivity index is 2.02. The van der Waals surface area contributed by atoms with E-state index >= 15 is 0 Å². The highest BCUT2D eigenvalue weighted by Gasteiger charge is 2.37. The summed E-state index contributed by atoms with van der Waals surface area (Å²) in [4.78, 5) is 48.7. The maximum atomic E-state index is 12.7. The van der Waals surface area contributed by atoms with Gasteiger partial charge >= 0.3 is 5.97 Å². The van der Waals surface area contributed by atoms with Crippen molar-refractivity contribution in [3.05, 3.63) is 29.8 Å². The van der Waals surface area contributed by atoms with Crippen molar-refractivity contribution < 1.29 is 29.4 Å². The maximum Gasteiger partial charge on any atom is 0.326 e. The third-order valence-corrected chi connectivity index (χ3v) is 4.57. The normalized spacial score (nSPS) is 18.3. The van der Waals surface area contributed by atoms with Gasteiger partial charge < -0.3 is 31.9 Å². The molecule has 1 fully saturated rings. The van der Waals surface area contributed by atoms with Gasteiger partial charge in [0, 0.05) is 6.54 Å². The Labute approximate surface area is 161 Å². The van der Waals surface area contributed by atoms with Gasteiger partial charge in [-0.15, -0.1) is 0 Å². The fraction of sp³-hybridized carbons (Fsp3) is 0.444. The second kappa shape index (κ2) is 9.18. The first-order valence-corrected chi connectivity index (χ1v) is 8.84. The van der Waals surface area contributed by atoms with Gasteiger partial charge in [0.15, 0.2) is 0 Å². The summed E-state index contributed by atoms with van der Waals surface area (Å²) in [6.45, 7) is 0.327. The second-order valence-corrected chi connectivity index (χ2v) is 6.74. The molecular formula is C18H24N4O6. The number of aromatic hydroxyl groups is 1. The van der Waals surface area contributed by atoms with Crippen LogP contribution >= 0.6 is 0 Å². The Morgan fingerprint density at radius 1 is 1.21 bits per heavy atom. The zero-order valence-electron chi connectivity index (χ0n) is 15.2. The van der Waals surface area contributed by atoms with Crippen LogP contribution in [0.15, 0.2) is 24.3 Å². The fourth-order valence-electron chi connectivity index (χ4n) is 3.16. The van der Waals surface area contributed by atoms with Gasteiger partial charge in [-0.25, -0.2) is 4.79 Å². The topological polar surface area (TPSA) is 176 Å². The highest BCUT2D eigenvalue weighted by atomic mass is 16.4. The molecular weight excluding hydrogens is 368 g/mol. The van der Waals surface area contributed by atoms with Gasteiger partial charge in [-0.05, 0) is 37.0 Å². The first-order valence-electron chi connectivity index (χ1n) is 8.84. The van der Waals surface area contributed by atoms with Crippen molar-refractivity contribution in [1.29, 1.82) is 0 Å². The molecule has 2 rings (SSSR count). The Bertz CT molecular complexity index is 751. The van der Waals surface area contributed by atoms with E-state index in [0.717, 1.165) is 5.56 Å². The van der Waals surface area contributed by atoms with E-state index in [2.05, 4.69) is 5.32 Å². The molecule has 1 aliphatic heterocycles. The number of carbonyl (C=O) groups is 4. The van der Waals surface area contributed by atoms with Crippen LogP contribution in [0.5, 0.6) is 5.75 Å². The summed E-state index contributed by atoms with van der Waals surface area (Å²) in [6, 6.07) is 3.09. The predicted octanol–water partition coefficient (Wildman–Crippen LogP) is -1.30. The number of benzene rings is 1. The van der Waals surface area contributed by atoms with Crippen LogP contribution in [0.1, 0.15) is 24.8 Å². The molecule has 10 nitrogen and oxygen atoms in total. The third-order valence-electron chi connectivity index (χ3n) is 4.57. The fourth-order valence-corrected chi connectivity index (χ4v) is 3.16. The van der Waals surface area contributed by atoms with Crippen molar-refractivity contribution in [2.24, 2.45) is 11.5 Å². The Hall–Kier alpha value is -3.14. The summed E-state index contributed by atoms with van der Waals surface area (Å²) in [7, 11) is 0. The number of nitrogens with zero attached hydrogens (tertiary/aromatic N) is 1. The van der Waals surface area contributed by atoms with Crippen molar-refractivity contribution in [2.75, 3.05) is 6.54 Å². The molecule has 1 aromatic carbocycles.